The summed E-state index contributed by atoms with van der Waals surface area (Å²) in [5, 5.41) is 14.8. The predicted octanol–water partition coefficient (Wildman–Crippen LogP) is 16.4. The summed E-state index contributed by atoms with van der Waals surface area (Å²) < 4.78 is 1.95. The van der Waals surface area contributed by atoms with Crippen molar-refractivity contribution in [3.63, 3.8) is 0 Å². The fraction of sp³-hybridized carbons (Fsp3) is 0. The molecule has 0 unspecified atom stereocenters. The molecule has 0 spiro atoms. The molecule has 0 saturated heterocycles. The maximum Gasteiger partial charge on any atom is 0.0836 e. The van der Waals surface area contributed by atoms with E-state index in [1.807, 2.05) is 59.2 Å². The van der Waals surface area contributed by atoms with E-state index in [9.17, 15) is 0 Å². The molecular weight excluding hydrogens is 955 g/mol. The summed E-state index contributed by atoms with van der Waals surface area (Å²) in [7, 11) is 0. The number of rotatable bonds is 4. The molecule has 2 aliphatic rings. The van der Waals surface area contributed by atoms with Crippen LogP contribution < -0.4 is 0 Å². The van der Waals surface area contributed by atoms with Gasteiger partial charge in [0.15, 0.2) is 0 Å². The van der Waals surface area contributed by atoms with Gasteiger partial charge in [0, 0.05) is 81.6 Å². The number of benzene rings is 4. The number of nitrogens with zero attached hydrogens (tertiary/aromatic N) is 3. The summed E-state index contributed by atoms with van der Waals surface area (Å²) >= 11 is 57.7. The van der Waals surface area contributed by atoms with Crippen LogP contribution in [0.15, 0.2) is 103 Å². The van der Waals surface area contributed by atoms with Crippen molar-refractivity contribution in [3.8, 4) is 39.1 Å². The molecule has 0 saturated carbocycles. The molecule has 15 heteroatoms. The average molecular weight is 979 g/mol. The minimum atomic E-state index is 0. The van der Waals surface area contributed by atoms with Crippen molar-refractivity contribution in [1.82, 2.24) is 19.5 Å². The van der Waals surface area contributed by atoms with Gasteiger partial charge in [0.05, 0.1) is 59.6 Å². The Kier molecular flexibility index (Phi) is 13.3. The molecule has 295 valence electrons. The average Bonchev–Trinajstić information content (AvgIpc) is 4.00. The van der Waals surface area contributed by atoms with Crippen molar-refractivity contribution < 1.29 is 27.6 Å². The number of H-pyrrole nitrogens is 1. The van der Waals surface area contributed by atoms with E-state index in [0.29, 0.717) is 107 Å². The first kappa shape index (κ1) is 43.3. The summed E-state index contributed by atoms with van der Waals surface area (Å²) in [6.45, 7) is 0. The van der Waals surface area contributed by atoms with Crippen molar-refractivity contribution in [2.75, 3.05) is 0 Å². The standard InChI is InChI=1S/C44H22Cl8N4.Mn.H2O2/c45-27-5-1-6-28(46)37(27)40-35-18-17-25(55-35)20-24-14-13-22(53-24)19-23-15-16-26(54-23)21-36-41(38-29(47)7-2-8-30(38)48)42(39-31(49)9-3-10-32(39)50)44(40)56(36)43-33(51)11-4-12-34(43)52;;1-2/h1-21,53H;;1-2H. The van der Waals surface area contributed by atoms with Crippen molar-refractivity contribution >= 4 is 139 Å². The van der Waals surface area contributed by atoms with Gasteiger partial charge in [-0.15, -0.1) is 0 Å². The van der Waals surface area contributed by atoms with Gasteiger partial charge in [-0.3, -0.25) is 10.5 Å². The Hall–Kier alpha value is -3.76. The van der Waals surface area contributed by atoms with Crippen LogP contribution in [0.5, 0.6) is 0 Å². The number of nitrogens with one attached hydrogen (secondary N) is 1. The van der Waals surface area contributed by atoms with Crippen molar-refractivity contribution in [2.45, 2.75) is 0 Å². The number of hydrogen-bond donors (Lipinski definition) is 3. The van der Waals surface area contributed by atoms with Crippen molar-refractivity contribution in [1.29, 1.82) is 0 Å². The van der Waals surface area contributed by atoms with Gasteiger partial charge >= 0.3 is 0 Å². The fourth-order valence-corrected chi connectivity index (χ4v) is 9.51. The summed E-state index contributed by atoms with van der Waals surface area (Å²) in [6.07, 6.45) is 7.69. The largest absolute Gasteiger partial charge is 0.355 e. The molecule has 59 heavy (non-hydrogen) atoms. The zero-order chi connectivity index (χ0) is 40.8. The van der Waals surface area contributed by atoms with Crippen molar-refractivity contribution in [3.05, 3.63) is 166 Å². The van der Waals surface area contributed by atoms with Gasteiger partial charge in [-0.25, -0.2) is 9.97 Å². The molecule has 0 fully saturated rings. The van der Waals surface area contributed by atoms with Crippen LogP contribution in [-0.2, 0) is 17.1 Å². The second-order valence-corrected chi connectivity index (χ2v) is 16.2. The van der Waals surface area contributed by atoms with Crippen LogP contribution in [0.25, 0.3) is 85.4 Å². The van der Waals surface area contributed by atoms with Crippen LogP contribution in [0, 0.1) is 0 Å². The minimum Gasteiger partial charge on any atom is -0.355 e. The molecule has 7 aromatic rings. The molecule has 0 amide bonds. The third-order valence-electron chi connectivity index (χ3n) is 9.47. The van der Waals surface area contributed by atoms with Crippen LogP contribution in [0.3, 0.4) is 0 Å². The smallest absolute Gasteiger partial charge is 0.0836 e. The Morgan fingerprint density at radius 3 is 1.31 bits per heavy atom. The Bertz CT molecular complexity index is 2970. The first-order valence-corrected chi connectivity index (χ1v) is 20.2. The second kappa shape index (κ2) is 18.1. The second-order valence-electron chi connectivity index (χ2n) is 12.9. The van der Waals surface area contributed by atoms with E-state index in [1.165, 1.54) is 0 Å². The van der Waals surface area contributed by atoms with E-state index >= 15 is 0 Å². The van der Waals surface area contributed by atoms with Crippen LogP contribution in [0.2, 0.25) is 40.2 Å². The summed E-state index contributed by atoms with van der Waals surface area (Å²) in [4.78, 5) is 13.7. The molecule has 6 nitrogen and oxygen atoms in total. The first-order valence-electron chi connectivity index (χ1n) is 17.2. The third-order valence-corrected chi connectivity index (χ3v) is 12.0. The SMILES string of the molecule is Clc1cccc(Cl)c1-c1c(-c2c(Cl)cccc2Cl)c2c(-c3c(Cl)cccc3Cl)c3nc(cc4ccc(cc5nc(cc1n2-c1c(Cl)cccc1Cl)C=C5)[nH]4)C=C3.OO.[Mn]. The topological polar surface area (TPSA) is 87.0 Å². The van der Waals surface area contributed by atoms with Gasteiger partial charge in [0.1, 0.15) is 0 Å². The van der Waals surface area contributed by atoms with Crippen LogP contribution in [-0.4, -0.2) is 30.0 Å². The molecule has 3 aromatic heterocycles. The van der Waals surface area contributed by atoms with Gasteiger partial charge in [0.25, 0.3) is 0 Å². The van der Waals surface area contributed by atoms with E-state index < -0.39 is 0 Å². The number of hydrogen-bond acceptors (Lipinski definition) is 4. The number of fused-ring (bicyclic) bond motifs is 8. The number of aromatic nitrogens is 4. The third kappa shape index (κ3) is 8.09. The molecule has 8 bridgehead atoms. The molecule has 5 heterocycles. The fourth-order valence-electron chi connectivity index (χ4n) is 7.18. The van der Waals surface area contributed by atoms with Gasteiger partial charge in [0.2, 0.25) is 0 Å². The molecule has 2 aliphatic heterocycles. The van der Waals surface area contributed by atoms with E-state index in [4.69, 9.17) is 113 Å². The monoisotopic (exact) mass is 975 g/mol. The Labute approximate surface area is 388 Å². The molecular formula is C44H24Cl8MnN4O2. The normalized spacial score (nSPS) is 11.6. The van der Waals surface area contributed by atoms with E-state index in [0.717, 1.165) is 16.7 Å². The maximum absolute atomic E-state index is 7.24. The minimum absolute atomic E-state index is 0. The molecule has 0 aliphatic carbocycles. The zero-order valence-corrected chi connectivity index (χ0v) is 37.0. The van der Waals surface area contributed by atoms with E-state index in [2.05, 4.69) is 4.98 Å². The molecule has 3 N–H and O–H groups in total. The van der Waals surface area contributed by atoms with E-state index in [1.54, 1.807) is 72.8 Å². The van der Waals surface area contributed by atoms with Gasteiger partial charge in [-0.05, 0) is 103 Å². The molecule has 9 rings (SSSR count). The quantitative estimate of drug-likeness (QED) is 0.0931. The van der Waals surface area contributed by atoms with Crippen molar-refractivity contribution in [2.24, 2.45) is 0 Å². The van der Waals surface area contributed by atoms with Gasteiger partial charge in [-0.2, -0.15) is 0 Å². The summed E-state index contributed by atoms with van der Waals surface area (Å²) in [6, 6.07) is 31.1. The van der Waals surface area contributed by atoms with Crippen LogP contribution in [0.1, 0.15) is 22.8 Å². The molecule has 0 atom stereocenters. The number of para-hydroxylation sites is 1. The molecule has 1 radical (unpaired) electrons. The number of aromatic amines is 1. The predicted molar refractivity (Wildman–Crippen MR) is 245 cm³/mol. The first-order chi connectivity index (χ1) is 28.1. The van der Waals surface area contributed by atoms with Crippen LogP contribution in [0.4, 0.5) is 0 Å². The van der Waals surface area contributed by atoms with Gasteiger partial charge in [-0.1, -0.05) is 117 Å². The Morgan fingerprint density at radius 1 is 0.424 bits per heavy atom. The summed E-state index contributed by atoms with van der Waals surface area (Å²) in [5.74, 6) is 0. The number of halogens is 8. The zero-order valence-electron chi connectivity index (χ0n) is 29.8. The molecule has 4 aromatic carbocycles. The maximum atomic E-state index is 7.24. The Balaban J connectivity index is 0.00000173. The van der Waals surface area contributed by atoms with E-state index in [-0.39, 0.29) is 17.1 Å². The van der Waals surface area contributed by atoms with Crippen LogP contribution >= 0.6 is 92.8 Å². The summed E-state index contributed by atoms with van der Waals surface area (Å²) in [5.41, 5.74) is 8.82. The van der Waals surface area contributed by atoms with Gasteiger partial charge < -0.3 is 9.55 Å². The Morgan fingerprint density at radius 2 is 0.814 bits per heavy atom.